The number of benzene rings is 2. The number of nitrogens with zero attached hydrogens (tertiary/aromatic N) is 5. The van der Waals surface area contributed by atoms with E-state index in [-0.39, 0.29) is 23.5 Å². The molecule has 0 N–H and O–H groups in total. The van der Waals surface area contributed by atoms with Gasteiger partial charge in [-0.1, -0.05) is 22.9 Å². The smallest absolute Gasteiger partial charge is 0.283 e. The SMILES string of the molecule is O=C(Cn1cnc2c(nnn2-c2cccc(F)c2)c1=O)c1ccc(Cl)cc1. The highest BCUT2D eigenvalue weighted by molar-refractivity contribution is 6.30. The molecule has 134 valence electrons. The van der Waals surface area contributed by atoms with Crippen molar-refractivity contribution in [2.75, 3.05) is 0 Å². The third-order valence-corrected chi connectivity index (χ3v) is 4.21. The molecule has 0 radical (unpaired) electrons. The van der Waals surface area contributed by atoms with Crippen LogP contribution in [0.3, 0.4) is 0 Å². The van der Waals surface area contributed by atoms with E-state index in [1.807, 2.05) is 0 Å². The van der Waals surface area contributed by atoms with E-state index in [4.69, 9.17) is 11.6 Å². The van der Waals surface area contributed by atoms with Gasteiger partial charge in [-0.15, -0.1) is 5.10 Å². The summed E-state index contributed by atoms with van der Waals surface area (Å²) in [4.78, 5) is 29.2. The summed E-state index contributed by atoms with van der Waals surface area (Å²) in [7, 11) is 0. The Morgan fingerprint density at radius 1 is 1.15 bits per heavy atom. The Bertz CT molecular complexity index is 1220. The Balaban J connectivity index is 1.70. The van der Waals surface area contributed by atoms with E-state index < -0.39 is 11.4 Å². The first-order valence-electron chi connectivity index (χ1n) is 7.88. The molecule has 0 spiro atoms. The second-order valence-electron chi connectivity index (χ2n) is 5.76. The minimum atomic E-state index is -0.509. The molecule has 2 aromatic carbocycles. The molecule has 4 aromatic rings. The average molecular weight is 384 g/mol. The van der Waals surface area contributed by atoms with Crippen LogP contribution in [0.2, 0.25) is 5.02 Å². The molecule has 0 aliphatic heterocycles. The molecule has 0 fully saturated rings. The Labute approximate surface area is 156 Å². The molecule has 0 amide bonds. The number of carbonyl (C=O) groups excluding carboxylic acids is 1. The second-order valence-corrected chi connectivity index (χ2v) is 6.20. The summed E-state index contributed by atoms with van der Waals surface area (Å²) in [5, 5.41) is 8.24. The highest BCUT2D eigenvalue weighted by Crippen LogP contribution is 2.14. The van der Waals surface area contributed by atoms with Crippen LogP contribution in [0.5, 0.6) is 0 Å². The highest BCUT2D eigenvalue weighted by Gasteiger charge is 2.15. The van der Waals surface area contributed by atoms with Crippen LogP contribution in [0, 0.1) is 5.82 Å². The van der Waals surface area contributed by atoms with Gasteiger partial charge in [0, 0.05) is 10.6 Å². The maximum Gasteiger partial charge on any atom is 0.283 e. The number of rotatable bonds is 4. The van der Waals surface area contributed by atoms with Crippen molar-refractivity contribution in [2.24, 2.45) is 0 Å². The third kappa shape index (κ3) is 3.22. The van der Waals surface area contributed by atoms with Crippen LogP contribution in [0.25, 0.3) is 16.9 Å². The van der Waals surface area contributed by atoms with Gasteiger partial charge >= 0.3 is 0 Å². The van der Waals surface area contributed by atoms with Gasteiger partial charge < -0.3 is 0 Å². The van der Waals surface area contributed by atoms with Crippen LogP contribution >= 0.6 is 11.6 Å². The monoisotopic (exact) mass is 383 g/mol. The summed E-state index contributed by atoms with van der Waals surface area (Å²) in [5.74, 6) is -0.717. The standard InChI is InChI=1S/C18H11ClFN5O2/c19-12-6-4-11(5-7-12)15(26)9-24-10-21-17-16(18(24)27)22-23-25(17)14-3-1-2-13(20)8-14/h1-8,10H,9H2. The van der Waals surface area contributed by atoms with Crippen LogP contribution in [0.4, 0.5) is 4.39 Å². The summed E-state index contributed by atoms with van der Waals surface area (Å²) in [6.45, 7) is -0.198. The predicted molar refractivity (Wildman–Crippen MR) is 96.7 cm³/mol. The van der Waals surface area contributed by atoms with Gasteiger partial charge in [-0.2, -0.15) is 4.68 Å². The van der Waals surface area contributed by atoms with E-state index in [2.05, 4.69) is 15.3 Å². The molecule has 0 unspecified atom stereocenters. The number of aromatic nitrogens is 5. The lowest BCUT2D eigenvalue weighted by atomic mass is 10.1. The minimum Gasteiger partial charge on any atom is -0.292 e. The van der Waals surface area contributed by atoms with Gasteiger partial charge in [0.15, 0.2) is 16.9 Å². The van der Waals surface area contributed by atoms with Gasteiger partial charge in [0.1, 0.15) is 12.1 Å². The molecule has 2 aromatic heterocycles. The first-order valence-corrected chi connectivity index (χ1v) is 8.26. The minimum absolute atomic E-state index is 0.00864. The van der Waals surface area contributed by atoms with Crippen molar-refractivity contribution in [3.8, 4) is 5.69 Å². The molecule has 0 atom stereocenters. The summed E-state index contributed by atoms with van der Waals surface area (Å²) in [6, 6.07) is 12.1. The van der Waals surface area contributed by atoms with E-state index in [1.54, 1.807) is 30.3 Å². The fourth-order valence-corrected chi connectivity index (χ4v) is 2.75. The van der Waals surface area contributed by atoms with Crippen molar-refractivity contribution in [3.05, 3.63) is 81.6 Å². The van der Waals surface area contributed by atoms with Crippen molar-refractivity contribution >= 4 is 28.5 Å². The molecule has 0 aliphatic rings. The van der Waals surface area contributed by atoms with Crippen LogP contribution in [0.1, 0.15) is 10.4 Å². The molecule has 0 saturated heterocycles. The molecule has 0 saturated carbocycles. The number of carbonyl (C=O) groups is 1. The number of fused-ring (bicyclic) bond motifs is 1. The zero-order valence-corrected chi connectivity index (χ0v) is 14.5. The fraction of sp³-hybridized carbons (Fsp3) is 0.0556. The van der Waals surface area contributed by atoms with Crippen molar-refractivity contribution in [1.82, 2.24) is 24.5 Å². The van der Waals surface area contributed by atoms with Crippen LogP contribution < -0.4 is 5.56 Å². The molecular weight excluding hydrogens is 373 g/mol. The van der Waals surface area contributed by atoms with Crippen molar-refractivity contribution in [2.45, 2.75) is 6.54 Å². The van der Waals surface area contributed by atoms with Crippen molar-refractivity contribution < 1.29 is 9.18 Å². The number of hydrogen-bond donors (Lipinski definition) is 0. The van der Waals surface area contributed by atoms with Crippen LogP contribution in [-0.2, 0) is 6.54 Å². The highest BCUT2D eigenvalue weighted by atomic mass is 35.5. The third-order valence-electron chi connectivity index (χ3n) is 3.96. The van der Waals surface area contributed by atoms with Crippen LogP contribution in [0.15, 0.2) is 59.7 Å². The number of halogens is 2. The van der Waals surface area contributed by atoms with Gasteiger partial charge in [-0.3, -0.25) is 14.2 Å². The zero-order chi connectivity index (χ0) is 19.0. The number of ketones is 1. The molecule has 9 heteroatoms. The van der Waals surface area contributed by atoms with E-state index in [9.17, 15) is 14.0 Å². The lowest BCUT2D eigenvalue weighted by Gasteiger charge is -2.05. The summed E-state index contributed by atoms with van der Waals surface area (Å²) >= 11 is 5.81. The van der Waals surface area contributed by atoms with E-state index in [0.717, 1.165) is 4.57 Å². The maximum absolute atomic E-state index is 13.4. The Morgan fingerprint density at radius 3 is 2.67 bits per heavy atom. The summed E-state index contributed by atoms with van der Waals surface area (Å²) in [5.41, 5.74) is 0.477. The van der Waals surface area contributed by atoms with Gasteiger partial charge in [0.25, 0.3) is 5.56 Å². The summed E-state index contributed by atoms with van der Waals surface area (Å²) < 4.78 is 15.9. The molecular formula is C18H11ClFN5O2. The molecule has 2 heterocycles. The topological polar surface area (TPSA) is 82.7 Å². The van der Waals surface area contributed by atoms with Gasteiger partial charge in [0.2, 0.25) is 0 Å². The van der Waals surface area contributed by atoms with Gasteiger partial charge in [-0.05, 0) is 42.5 Å². The zero-order valence-electron chi connectivity index (χ0n) is 13.7. The van der Waals surface area contributed by atoms with E-state index >= 15 is 0 Å². The van der Waals surface area contributed by atoms with Crippen molar-refractivity contribution in [1.29, 1.82) is 0 Å². The predicted octanol–water partition coefficient (Wildman–Crippen LogP) is 2.65. The fourth-order valence-electron chi connectivity index (χ4n) is 2.62. The largest absolute Gasteiger partial charge is 0.292 e. The lowest BCUT2D eigenvalue weighted by Crippen LogP contribution is -2.25. The van der Waals surface area contributed by atoms with Gasteiger partial charge in [0.05, 0.1) is 12.2 Å². The molecule has 0 bridgehead atoms. The van der Waals surface area contributed by atoms with Crippen molar-refractivity contribution in [3.63, 3.8) is 0 Å². The maximum atomic E-state index is 13.4. The lowest BCUT2D eigenvalue weighted by molar-refractivity contribution is 0.0970. The molecule has 0 aliphatic carbocycles. The normalized spacial score (nSPS) is 11.0. The second kappa shape index (κ2) is 6.73. The number of Topliss-reactive ketones (excluding diaryl/α,β-unsaturated/α-hetero) is 1. The van der Waals surface area contributed by atoms with Crippen LogP contribution in [-0.4, -0.2) is 30.3 Å². The number of hydrogen-bond acceptors (Lipinski definition) is 5. The summed E-state index contributed by atoms with van der Waals surface area (Å²) in [6.07, 6.45) is 1.25. The Morgan fingerprint density at radius 2 is 1.93 bits per heavy atom. The first-order chi connectivity index (χ1) is 13.0. The Hall–Kier alpha value is -3.39. The average Bonchev–Trinajstić information content (AvgIpc) is 3.09. The quantitative estimate of drug-likeness (QED) is 0.506. The molecule has 27 heavy (non-hydrogen) atoms. The molecule has 7 nitrogen and oxygen atoms in total. The Kier molecular flexibility index (Phi) is 4.25. The first kappa shape index (κ1) is 17.0. The van der Waals surface area contributed by atoms with E-state index in [0.29, 0.717) is 16.3 Å². The molecule has 4 rings (SSSR count). The van der Waals surface area contributed by atoms with Gasteiger partial charge in [-0.25, -0.2) is 9.37 Å². The van der Waals surface area contributed by atoms with E-state index in [1.165, 1.54) is 29.2 Å².